The number of carbonyl (C=O) groups excluding carboxylic acids is 2. The maximum atomic E-state index is 11.6. The predicted octanol–water partition coefficient (Wildman–Crippen LogP) is 2.65. The number of benzene rings is 1. The molecule has 102 valence electrons. The van der Waals surface area contributed by atoms with Crippen molar-refractivity contribution in [3.05, 3.63) is 35.4 Å². The summed E-state index contributed by atoms with van der Waals surface area (Å²) in [5.74, 6) is -0.586. The summed E-state index contributed by atoms with van der Waals surface area (Å²) in [6, 6.07) is 2.86. The van der Waals surface area contributed by atoms with E-state index < -0.39 is 5.97 Å². The molecule has 0 fully saturated rings. The fourth-order valence-electron chi connectivity index (χ4n) is 1.38. The van der Waals surface area contributed by atoms with Gasteiger partial charge in [0.25, 0.3) is 0 Å². The smallest absolute Gasteiger partial charge is 0.341 e. The third-order valence-electron chi connectivity index (χ3n) is 2.14. The van der Waals surface area contributed by atoms with Crippen molar-refractivity contribution in [1.82, 2.24) is 0 Å². The summed E-state index contributed by atoms with van der Waals surface area (Å²) in [5, 5.41) is 2.77. The average molecular weight is 284 g/mol. The minimum atomic E-state index is -0.574. The maximum absolute atomic E-state index is 11.6. The van der Waals surface area contributed by atoms with Crippen LogP contribution in [0.15, 0.2) is 24.8 Å². The highest BCUT2D eigenvalue weighted by atomic mass is 35.5. The Hall–Kier alpha value is -2.01. The Balaban J connectivity index is 3.23. The van der Waals surface area contributed by atoms with E-state index in [1.807, 2.05) is 0 Å². The largest absolute Gasteiger partial charge is 0.489 e. The first-order valence-electron chi connectivity index (χ1n) is 5.42. The molecule has 1 amide bonds. The van der Waals surface area contributed by atoms with E-state index in [9.17, 15) is 9.59 Å². The lowest BCUT2D eigenvalue weighted by molar-refractivity contribution is -0.114. The van der Waals surface area contributed by atoms with Crippen LogP contribution in [0.1, 0.15) is 17.3 Å². The summed E-state index contributed by atoms with van der Waals surface area (Å²) >= 11 is 5.98. The van der Waals surface area contributed by atoms with Gasteiger partial charge in [0.05, 0.1) is 17.8 Å². The van der Waals surface area contributed by atoms with Crippen LogP contribution >= 0.6 is 11.6 Å². The number of hydrogen-bond acceptors (Lipinski definition) is 4. The molecule has 0 saturated carbocycles. The van der Waals surface area contributed by atoms with Gasteiger partial charge in [-0.15, -0.1) is 0 Å². The quantitative estimate of drug-likeness (QED) is 0.666. The van der Waals surface area contributed by atoms with Crippen LogP contribution in [0.2, 0.25) is 5.02 Å². The molecule has 0 radical (unpaired) electrons. The second-order valence-corrected chi connectivity index (χ2v) is 4.01. The van der Waals surface area contributed by atoms with Gasteiger partial charge in [-0.1, -0.05) is 24.3 Å². The van der Waals surface area contributed by atoms with Crippen LogP contribution in [0.5, 0.6) is 5.75 Å². The number of rotatable bonds is 5. The molecule has 0 bridgehead atoms. The van der Waals surface area contributed by atoms with Gasteiger partial charge >= 0.3 is 5.97 Å². The van der Waals surface area contributed by atoms with Crippen LogP contribution in [-0.2, 0) is 9.53 Å². The summed E-state index contributed by atoms with van der Waals surface area (Å²) in [6.45, 7) is 5.09. The second-order valence-electron chi connectivity index (χ2n) is 3.60. The molecule has 0 aliphatic heterocycles. The summed E-state index contributed by atoms with van der Waals surface area (Å²) in [7, 11) is 1.26. The zero-order valence-electron chi connectivity index (χ0n) is 10.7. The lowest BCUT2D eigenvalue weighted by atomic mass is 10.1. The van der Waals surface area contributed by atoms with Gasteiger partial charge in [0.1, 0.15) is 17.9 Å². The summed E-state index contributed by atoms with van der Waals surface area (Å²) < 4.78 is 10.00. The monoisotopic (exact) mass is 283 g/mol. The molecule has 19 heavy (non-hydrogen) atoms. The molecule has 0 heterocycles. The molecule has 0 saturated heterocycles. The van der Waals surface area contributed by atoms with Crippen molar-refractivity contribution < 1.29 is 19.1 Å². The Kier molecular flexibility index (Phi) is 5.38. The van der Waals surface area contributed by atoms with Gasteiger partial charge in [0, 0.05) is 13.0 Å². The highest BCUT2D eigenvalue weighted by Gasteiger charge is 2.17. The number of halogens is 1. The number of amides is 1. The highest BCUT2D eigenvalue weighted by molar-refractivity contribution is 6.34. The Morgan fingerprint density at radius 3 is 2.68 bits per heavy atom. The average Bonchev–Trinajstić information content (AvgIpc) is 2.37. The predicted molar refractivity (Wildman–Crippen MR) is 72.8 cm³/mol. The Morgan fingerprint density at radius 1 is 1.47 bits per heavy atom. The molecule has 6 heteroatoms. The van der Waals surface area contributed by atoms with Crippen LogP contribution in [-0.4, -0.2) is 25.6 Å². The van der Waals surface area contributed by atoms with Crippen LogP contribution in [0.25, 0.3) is 0 Å². The van der Waals surface area contributed by atoms with Crippen molar-refractivity contribution in [2.45, 2.75) is 6.92 Å². The highest BCUT2D eigenvalue weighted by Crippen LogP contribution is 2.31. The van der Waals surface area contributed by atoms with E-state index in [1.54, 1.807) is 0 Å². The minimum Gasteiger partial charge on any atom is -0.489 e. The summed E-state index contributed by atoms with van der Waals surface area (Å²) in [4.78, 5) is 22.7. The number of anilines is 1. The van der Waals surface area contributed by atoms with E-state index in [4.69, 9.17) is 16.3 Å². The van der Waals surface area contributed by atoms with Gasteiger partial charge in [-0.25, -0.2) is 4.79 Å². The Morgan fingerprint density at radius 2 is 2.16 bits per heavy atom. The fraction of sp³-hybridized carbons (Fsp3) is 0.231. The third kappa shape index (κ3) is 3.99. The number of methoxy groups -OCH3 is 1. The van der Waals surface area contributed by atoms with E-state index in [2.05, 4.69) is 16.6 Å². The topological polar surface area (TPSA) is 64.6 Å². The SMILES string of the molecule is C=CCOc1cc(NC(C)=O)c(Cl)cc1C(=O)OC. The van der Waals surface area contributed by atoms with Crippen molar-refractivity contribution >= 4 is 29.2 Å². The van der Waals surface area contributed by atoms with E-state index in [-0.39, 0.29) is 28.8 Å². The molecule has 0 spiro atoms. The number of hydrogen-bond donors (Lipinski definition) is 1. The summed E-state index contributed by atoms with van der Waals surface area (Å²) in [5.41, 5.74) is 0.546. The zero-order valence-corrected chi connectivity index (χ0v) is 11.4. The van der Waals surface area contributed by atoms with Gasteiger partial charge in [-0.05, 0) is 6.07 Å². The molecule has 1 rings (SSSR count). The van der Waals surface area contributed by atoms with E-state index >= 15 is 0 Å². The first-order valence-corrected chi connectivity index (χ1v) is 5.80. The molecular weight excluding hydrogens is 270 g/mol. The molecule has 5 nitrogen and oxygen atoms in total. The van der Waals surface area contributed by atoms with Gasteiger partial charge in [-0.2, -0.15) is 0 Å². The van der Waals surface area contributed by atoms with Crippen LogP contribution < -0.4 is 10.1 Å². The van der Waals surface area contributed by atoms with Crippen LogP contribution in [0, 0.1) is 0 Å². The first kappa shape index (κ1) is 15.0. The maximum Gasteiger partial charge on any atom is 0.341 e. The number of nitrogens with one attached hydrogen (secondary N) is 1. The number of esters is 1. The van der Waals surface area contributed by atoms with Crippen molar-refractivity contribution in [2.24, 2.45) is 0 Å². The standard InChI is InChI=1S/C13H14ClNO4/c1-4-5-19-12-7-11(15-8(2)16)10(14)6-9(12)13(17)18-3/h4,6-7H,1,5H2,2-3H3,(H,15,16). The fourth-order valence-corrected chi connectivity index (χ4v) is 1.59. The van der Waals surface area contributed by atoms with Gasteiger partial charge < -0.3 is 14.8 Å². The molecule has 0 aromatic heterocycles. The Labute approximate surface area is 116 Å². The zero-order chi connectivity index (χ0) is 14.4. The van der Waals surface area contributed by atoms with Crippen molar-refractivity contribution in [2.75, 3.05) is 19.0 Å². The van der Waals surface area contributed by atoms with Crippen LogP contribution in [0.3, 0.4) is 0 Å². The lowest BCUT2D eigenvalue weighted by Crippen LogP contribution is -2.10. The lowest BCUT2D eigenvalue weighted by Gasteiger charge is -2.12. The van der Waals surface area contributed by atoms with Gasteiger partial charge in [0.2, 0.25) is 5.91 Å². The minimum absolute atomic E-state index is 0.184. The van der Waals surface area contributed by atoms with E-state index in [0.717, 1.165) is 0 Å². The molecule has 0 atom stereocenters. The molecule has 0 aliphatic rings. The van der Waals surface area contributed by atoms with Gasteiger partial charge in [0.15, 0.2) is 0 Å². The Bertz CT molecular complexity index is 514. The molecular formula is C13H14ClNO4. The van der Waals surface area contributed by atoms with Crippen molar-refractivity contribution in [3.8, 4) is 5.75 Å². The molecule has 0 aliphatic carbocycles. The second kappa shape index (κ2) is 6.80. The molecule has 1 aromatic rings. The normalized spacial score (nSPS) is 9.63. The van der Waals surface area contributed by atoms with E-state index in [1.165, 1.54) is 32.2 Å². The van der Waals surface area contributed by atoms with Crippen molar-refractivity contribution in [1.29, 1.82) is 0 Å². The third-order valence-corrected chi connectivity index (χ3v) is 2.45. The summed E-state index contributed by atoms with van der Waals surface area (Å²) in [6.07, 6.45) is 1.54. The van der Waals surface area contributed by atoms with Gasteiger partial charge in [-0.3, -0.25) is 4.79 Å². The molecule has 1 aromatic carbocycles. The van der Waals surface area contributed by atoms with Crippen LogP contribution in [0.4, 0.5) is 5.69 Å². The first-order chi connectivity index (χ1) is 8.99. The van der Waals surface area contributed by atoms with Crippen molar-refractivity contribution in [3.63, 3.8) is 0 Å². The number of carbonyl (C=O) groups is 2. The number of ether oxygens (including phenoxy) is 2. The molecule has 1 N–H and O–H groups in total. The van der Waals surface area contributed by atoms with E-state index in [0.29, 0.717) is 5.69 Å². The molecule has 0 unspecified atom stereocenters.